The molecule has 0 saturated carbocycles. The van der Waals surface area contributed by atoms with E-state index in [1.54, 1.807) is 11.1 Å². The molecule has 0 unspecified atom stereocenters. The lowest BCUT2D eigenvalue weighted by Crippen LogP contribution is -2.20. The van der Waals surface area contributed by atoms with Crippen molar-refractivity contribution in [1.82, 2.24) is 0 Å². The van der Waals surface area contributed by atoms with Crippen molar-refractivity contribution in [3.63, 3.8) is 0 Å². The first-order valence-corrected chi connectivity index (χ1v) is 17.7. The smallest absolute Gasteiger partial charge is 0.0690 e. The molecule has 0 aliphatic heterocycles. The van der Waals surface area contributed by atoms with Crippen LogP contribution in [0.4, 0.5) is 0 Å². The lowest BCUT2D eigenvalue weighted by atomic mass is 9.97. The molecule has 24 heavy (non-hydrogen) atoms. The highest BCUT2D eigenvalue weighted by atomic mass is 28.3. The van der Waals surface area contributed by atoms with Crippen LogP contribution < -0.4 is 0 Å². The predicted octanol–water partition coefficient (Wildman–Crippen LogP) is 8.53. The molecule has 0 fully saturated rings. The van der Waals surface area contributed by atoms with E-state index in [1.165, 1.54) is 64.2 Å². The molecule has 2 heteroatoms. The second kappa shape index (κ2) is 12.3. The van der Waals surface area contributed by atoms with Crippen LogP contribution in [0.25, 0.3) is 0 Å². The summed E-state index contributed by atoms with van der Waals surface area (Å²) < 4.78 is 0. The van der Waals surface area contributed by atoms with Crippen LogP contribution in [-0.2, 0) is 0 Å². The van der Waals surface area contributed by atoms with Crippen molar-refractivity contribution in [2.75, 3.05) is 0 Å². The van der Waals surface area contributed by atoms with E-state index in [4.69, 9.17) is 0 Å². The van der Waals surface area contributed by atoms with Gasteiger partial charge < -0.3 is 0 Å². The number of rotatable bonds is 13. The van der Waals surface area contributed by atoms with Gasteiger partial charge in [0.1, 0.15) is 0 Å². The summed E-state index contributed by atoms with van der Waals surface area (Å²) in [5, 5.41) is 0. The molecule has 0 spiro atoms. The van der Waals surface area contributed by atoms with Gasteiger partial charge in [-0.3, -0.25) is 0 Å². The molecule has 0 radical (unpaired) electrons. The molecule has 142 valence electrons. The van der Waals surface area contributed by atoms with Crippen LogP contribution in [0.5, 0.6) is 0 Å². The molecule has 0 rings (SSSR count). The monoisotopic (exact) mass is 366 g/mol. The van der Waals surface area contributed by atoms with E-state index in [9.17, 15) is 0 Å². The quantitative estimate of drug-likeness (QED) is 0.174. The Morgan fingerprint density at radius 2 is 0.875 bits per heavy atom. The van der Waals surface area contributed by atoms with Crippen molar-refractivity contribution in [2.45, 2.75) is 117 Å². The second-order valence-electron chi connectivity index (χ2n) is 9.69. The van der Waals surface area contributed by atoms with Gasteiger partial charge in [-0.2, -0.15) is 0 Å². The van der Waals surface area contributed by atoms with Gasteiger partial charge in [0.2, 0.25) is 0 Å². The number of hydrogen-bond acceptors (Lipinski definition) is 0. The minimum absolute atomic E-state index is 1.17. The van der Waals surface area contributed by atoms with E-state index in [-0.39, 0.29) is 0 Å². The summed E-state index contributed by atoms with van der Waals surface area (Å²) in [6, 6.07) is 0. The molecule has 0 N–H and O–H groups in total. The molecule has 0 amide bonds. The zero-order valence-electron chi connectivity index (χ0n) is 18.2. The van der Waals surface area contributed by atoms with E-state index in [2.05, 4.69) is 64.5 Å². The Hall–Kier alpha value is -0.0862. The molecule has 0 bridgehead atoms. The summed E-state index contributed by atoms with van der Waals surface area (Å²) in [5.74, 6) is 0. The maximum absolute atomic E-state index is 2.71. The van der Waals surface area contributed by atoms with Gasteiger partial charge in [0.05, 0.1) is 16.1 Å². The van der Waals surface area contributed by atoms with E-state index in [1.807, 2.05) is 0 Å². The van der Waals surface area contributed by atoms with Crippen molar-refractivity contribution < 1.29 is 0 Å². The maximum Gasteiger partial charge on any atom is 0.0690 e. The Kier molecular flexibility index (Phi) is 12.3. The Bertz CT molecular complexity index is 340. The summed E-state index contributed by atoms with van der Waals surface area (Å²) >= 11 is 0. The molecule has 0 aliphatic carbocycles. The molecule has 0 aromatic rings. The Balaban J connectivity index is 5.23. The molecule has 0 aromatic heterocycles. The third-order valence-corrected chi connectivity index (χ3v) is 6.66. The van der Waals surface area contributed by atoms with Crippen molar-refractivity contribution in [3.05, 3.63) is 22.5 Å². The third kappa shape index (κ3) is 14.3. The predicted molar refractivity (Wildman–Crippen MR) is 120 cm³/mol. The van der Waals surface area contributed by atoms with Crippen LogP contribution in [0.3, 0.4) is 0 Å². The second-order valence-corrected chi connectivity index (χ2v) is 19.7. The van der Waals surface area contributed by atoms with E-state index in [0.29, 0.717) is 0 Å². The summed E-state index contributed by atoms with van der Waals surface area (Å²) in [6.45, 7) is 19.5. The summed E-state index contributed by atoms with van der Waals surface area (Å²) in [5.41, 5.74) is 8.88. The SMILES string of the molecule is CCCCCCC(=C/[Si](C)(C)C)/C(=C\[Si](C)(C)C)CCCCCC. The lowest BCUT2D eigenvalue weighted by Gasteiger charge is -2.21. The van der Waals surface area contributed by atoms with Crippen LogP contribution in [0, 0.1) is 0 Å². The summed E-state index contributed by atoms with van der Waals surface area (Å²) in [4.78, 5) is 0. The van der Waals surface area contributed by atoms with Crippen molar-refractivity contribution in [2.24, 2.45) is 0 Å². The summed E-state index contributed by atoms with van der Waals surface area (Å²) in [6.07, 6.45) is 13.6. The van der Waals surface area contributed by atoms with Crippen molar-refractivity contribution >= 4 is 16.1 Å². The topological polar surface area (TPSA) is 0 Å². The maximum atomic E-state index is 2.71. The fraction of sp³-hybridized carbons (Fsp3) is 0.818. The first-order valence-electron chi connectivity index (χ1n) is 10.5. The van der Waals surface area contributed by atoms with E-state index >= 15 is 0 Å². The Morgan fingerprint density at radius 3 is 1.12 bits per heavy atom. The lowest BCUT2D eigenvalue weighted by molar-refractivity contribution is 0.648. The molecule has 0 heterocycles. The van der Waals surface area contributed by atoms with Gasteiger partial charge in [-0.25, -0.2) is 0 Å². The highest BCUT2D eigenvalue weighted by Gasteiger charge is 2.17. The number of allylic oxidation sites excluding steroid dienone is 2. The van der Waals surface area contributed by atoms with Crippen LogP contribution in [0.2, 0.25) is 39.3 Å². The van der Waals surface area contributed by atoms with Gasteiger partial charge in [-0.15, -0.1) is 0 Å². The normalized spacial score (nSPS) is 14.3. The molecule has 0 aromatic carbocycles. The van der Waals surface area contributed by atoms with Gasteiger partial charge in [0.25, 0.3) is 0 Å². The standard InChI is InChI=1S/C22H46Si2/c1-9-11-13-15-17-21(19-23(3,4)5)22(20-24(6,7)8)18-16-14-12-10-2/h19-20H,9-18H2,1-8H3/b21-19-,22-20-. The Labute approximate surface area is 156 Å². The first kappa shape index (κ1) is 23.9. The molecule has 0 nitrogen and oxygen atoms in total. The van der Waals surface area contributed by atoms with Crippen molar-refractivity contribution in [1.29, 1.82) is 0 Å². The van der Waals surface area contributed by atoms with Crippen LogP contribution in [-0.4, -0.2) is 16.1 Å². The largest absolute Gasteiger partial charge is 0.0916 e. The van der Waals surface area contributed by atoms with Gasteiger partial charge in [-0.05, 0) is 25.7 Å². The third-order valence-electron chi connectivity index (χ3n) is 4.23. The first-order chi connectivity index (χ1) is 11.1. The Morgan fingerprint density at radius 1 is 0.542 bits per heavy atom. The molecule has 0 atom stereocenters. The number of hydrogen-bond donors (Lipinski definition) is 0. The van der Waals surface area contributed by atoms with Crippen LogP contribution in [0.1, 0.15) is 78.1 Å². The fourth-order valence-electron chi connectivity index (χ4n) is 3.18. The zero-order valence-corrected chi connectivity index (χ0v) is 20.2. The highest BCUT2D eigenvalue weighted by Crippen LogP contribution is 2.27. The molecule has 0 saturated heterocycles. The van der Waals surface area contributed by atoms with Gasteiger partial charge >= 0.3 is 0 Å². The minimum atomic E-state index is -1.17. The fourth-order valence-corrected chi connectivity index (χ4v) is 5.93. The molecular weight excluding hydrogens is 320 g/mol. The average Bonchev–Trinajstić information content (AvgIpc) is 2.43. The van der Waals surface area contributed by atoms with E-state index in [0.717, 1.165) is 0 Å². The average molecular weight is 367 g/mol. The van der Waals surface area contributed by atoms with Gasteiger partial charge in [-0.1, -0.05) is 114 Å². The molecule has 0 aliphatic rings. The van der Waals surface area contributed by atoms with Gasteiger partial charge in [0, 0.05) is 0 Å². The van der Waals surface area contributed by atoms with E-state index < -0.39 is 16.1 Å². The highest BCUT2D eigenvalue weighted by molar-refractivity contribution is 6.82. The number of unbranched alkanes of at least 4 members (excludes halogenated alkanes) is 6. The summed E-state index contributed by atoms with van der Waals surface area (Å²) in [7, 11) is -2.34. The van der Waals surface area contributed by atoms with Crippen LogP contribution in [0.15, 0.2) is 22.5 Å². The van der Waals surface area contributed by atoms with Crippen LogP contribution >= 0.6 is 0 Å². The van der Waals surface area contributed by atoms with Crippen molar-refractivity contribution in [3.8, 4) is 0 Å². The zero-order chi connectivity index (χ0) is 18.6. The minimum Gasteiger partial charge on any atom is -0.0916 e. The molecular formula is C22H46Si2. The van der Waals surface area contributed by atoms with Gasteiger partial charge in [0.15, 0.2) is 0 Å².